The third-order valence-corrected chi connectivity index (χ3v) is 6.28. The van der Waals surface area contributed by atoms with Crippen LogP contribution in [-0.4, -0.2) is 42.1 Å². The Hall–Kier alpha value is -1.70. The average molecular weight is 368 g/mol. The van der Waals surface area contributed by atoms with Gasteiger partial charge >= 0.3 is 0 Å². The van der Waals surface area contributed by atoms with E-state index in [4.69, 9.17) is 16.3 Å². The number of ether oxygens (including phenoxy) is 1. The second-order valence-corrected chi connectivity index (χ2v) is 8.04. The predicted molar refractivity (Wildman–Crippen MR) is 90.6 cm³/mol. The molecule has 2 heterocycles. The summed E-state index contributed by atoms with van der Waals surface area (Å²) in [5.41, 5.74) is 0.692. The van der Waals surface area contributed by atoms with Crippen LogP contribution in [-0.2, 0) is 10.0 Å². The van der Waals surface area contributed by atoms with E-state index >= 15 is 0 Å². The molecule has 1 aromatic heterocycles. The molecule has 1 aliphatic rings. The smallest absolute Gasteiger partial charge is 0.243 e. The van der Waals surface area contributed by atoms with Crippen LogP contribution in [0.4, 0.5) is 0 Å². The maximum atomic E-state index is 12.8. The number of benzene rings is 1. The molecule has 0 atom stereocenters. The minimum absolute atomic E-state index is 0.0615. The van der Waals surface area contributed by atoms with Crippen LogP contribution in [0.15, 0.2) is 41.4 Å². The van der Waals surface area contributed by atoms with Crippen molar-refractivity contribution >= 4 is 21.6 Å². The quantitative estimate of drug-likeness (QED) is 0.830. The Morgan fingerprint density at radius 1 is 1.25 bits per heavy atom. The van der Waals surface area contributed by atoms with Crippen molar-refractivity contribution in [3.63, 3.8) is 0 Å². The first-order valence-corrected chi connectivity index (χ1v) is 9.49. The van der Waals surface area contributed by atoms with Crippen LogP contribution < -0.4 is 4.74 Å². The van der Waals surface area contributed by atoms with Crippen LogP contribution in [0.3, 0.4) is 0 Å². The molecule has 8 heteroatoms. The van der Waals surface area contributed by atoms with Crippen LogP contribution in [0, 0.1) is 6.92 Å². The van der Waals surface area contributed by atoms with Crippen LogP contribution in [0.25, 0.3) is 0 Å². The van der Waals surface area contributed by atoms with Gasteiger partial charge in [0, 0.05) is 30.4 Å². The fourth-order valence-electron chi connectivity index (χ4n) is 2.70. The fraction of sp³-hybridized carbons (Fsp3) is 0.375. The number of sulfonamides is 1. The largest absolute Gasteiger partial charge is 0.473 e. The van der Waals surface area contributed by atoms with Crippen molar-refractivity contribution in [2.45, 2.75) is 30.8 Å². The van der Waals surface area contributed by atoms with Gasteiger partial charge in [-0.15, -0.1) is 5.10 Å². The Morgan fingerprint density at radius 2 is 2.00 bits per heavy atom. The van der Waals surface area contributed by atoms with E-state index in [1.54, 1.807) is 37.4 Å². The summed E-state index contributed by atoms with van der Waals surface area (Å²) in [6, 6.07) is 8.42. The molecule has 1 aliphatic heterocycles. The molecule has 0 N–H and O–H groups in total. The third-order valence-electron chi connectivity index (χ3n) is 4.00. The monoisotopic (exact) mass is 367 g/mol. The molecule has 0 radical (unpaired) electrons. The van der Waals surface area contributed by atoms with Crippen LogP contribution in [0.5, 0.6) is 5.88 Å². The number of aromatic nitrogens is 2. The Kier molecular flexibility index (Phi) is 5.03. The first-order chi connectivity index (χ1) is 11.5. The van der Waals surface area contributed by atoms with Crippen molar-refractivity contribution in [3.8, 4) is 5.88 Å². The van der Waals surface area contributed by atoms with Gasteiger partial charge in [0.05, 0.1) is 4.90 Å². The summed E-state index contributed by atoms with van der Waals surface area (Å²) in [7, 11) is -3.55. The Bertz CT molecular complexity index is 807. The highest BCUT2D eigenvalue weighted by atomic mass is 35.5. The molecule has 2 aromatic rings. The first kappa shape index (κ1) is 17.1. The van der Waals surface area contributed by atoms with Gasteiger partial charge in [-0.3, -0.25) is 0 Å². The highest BCUT2D eigenvalue weighted by molar-refractivity contribution is 7.89. The van der Waals surface area contributed by atoms with Crippen molar-refractivity contribution in [3.05, 3.63) is 47.1 Å². The molecule has 0 amide bonds. The SMILES string of the molecule is Cc1ccc(Cl)cc1S(=O)(=O)N1CCC(Oc2cccnn2)CC1. The van der Waals surface area contributed by atoms with Crippen molar-refractivity contribution in [2.24, 2.45) is 0 Å². The molecular formula is C16H18ClN3O3S. The summed E-state index contributed by atoms with van der Waals surface area (Å²) < 4.78 is 32.9. The molecule has 0 aliphatic carbocycles. The Balaban J connectivity index is 1.68. The van der Waals surface area contributed by atoms with E-state index in [0.29, 0.717) is 42.4 Å². The number of aryl methyl sites for hydroxylation is 1. The molecule has 0 bridgehead atoms. The molecule has 24 heavy (non-hydrogen) atoms. The number of hydrogen-bond donors (Lipinski definition) is 0. The lowest BCUT2D eigenvalue weighted by Crippen LogP contribution is -2.42. The summed E-state index contributed by atoms with van der Waals surface area (Å²) >= 11 is 5.96. The second-order valence-electron chi connectivity index (χ2n) is 5.69. The van der Waals surface area contributed by atoms with E-state index < -0.39 is 10.0 Å². The minimum Gasteiger partial charge on any atom is -0.473 e. The maximum absolute atomic E-state index is 12.8. The van der Waals surface area contributed by atoms with Gasteiger partial charge in [0.2, 0.25) is 15.9 Å². The van der Waals surface area contributed by atoms with Gasteiger partial charge in [-0.25, -0.2) is 8.42 Å². The van der Waals surface area contributed by atoms with Crippen molar-refractivity contribution < 1.29 is 13.2 Å². The Labute approximate surface area is 146 Å². The number of nitrogens with zero attached hydrogens (tertiary/aromatic N) is 3. The molecule has 1 saturated heterocycles. The standard InChI is InChI=1S/C16H18ClN3O3S/c1-12-4-5-13(17)11-15(12)24(21,22)20-9-6-14(7-10-20)23-16-3-2-8-18-19-16/h2-5,8,11,14H,6-7,9-10H2,1H3. The molecule has 1 fully saturated rings. The van der Waals surface area contributed by atoms with Crippen molar-refractivity contribution in [1.29, 1.82) is 0 Å². The maximum Gasteiger partial charge on any atom is 0.243 e. The summed E-state index contributed by atoms with van der Waals surface area (Å²) in [6.45, 7) is 2.57. The molecule has 0 unspecified atom stereocenters. The number of piperidine rings is 1. The average Bonchev–Trinajstić information content (AvgIpc) is 2.58. The lowest BCUT2D eigenvalue weighted by atomic mass is 10.1. The molecule has 0 spiro atoms. The van der Waals surface area contributed by atoms with E-state index in [1.807, 2.05) is 0 Å². The van der Waals surface area contributed by atoms with E-state index in [2.05, 4.69) is 10.2 Å². The number of rotatable bonds is 4. The van der Waals surface area contributed by atoms with Gasteiger partial charge in [0.1, 0.15) is 6.10 Å². The third kappa shape index (κ3) is 3.68. The zero-order valence-electron chi connectivity index (χ0n) is 13.2. The lowest BCUT2D eigenvalue weighted by Gasteiger charge is -2.31. The molecule has 128 valence electrons. The van der Waals surface area contributed by atoms with Gasteiger partial charge in [-0.2, -0.15) is 9.40 Å². The van der Waals surface area contributed by atoms with Gasteiger partial charge in [0.15, 0.2) is 0 Å². The topological polar surface area (TPSA) is 72.4 Å². The van der Waals surface area contributed by atoms with Crippen molar-refractivity contribution in [1.82, 2.24) is 14.5 Å². The predicted octanol–water partition coefficient (Wildman–Crippen LogP) is 2.67. The van der Waals surface area contributed by atoms with Gasteiger partial charge in [-0.1, -0.05) is 17.7 Å². The van der Waals surface area contributed by atoms with E-state index in [1.165, 1.54) is 10.4 Å². The minimum atomic E-state index is -3.55. The van der Waals surface area contributed by atoms with Gasteiger partial charge < -0.3 is 4.74 Å². The highest BCUT2D eigenvalue weighted by Crippen LogP contribution is 2.26. The van der Waals surface area contributed by atoms with Crippen LogP contribution in [0.2, 0.25) is 5.02 Å². The van der Waals surface area contributed by atoms with E-state index in [-0.39, 0.29) is 11.0 Å². The second kappa shape index (κ2) is 7.04. The number of hydrogen-bond acceptors (Lipinski definition) is 5. The zero-order valence-corrected chi connectivity index (χ0v) is 14.8. The Morgan fingerprint density at radius 3 is 2.67 bits per heavy atom. The lowest BCUT2D eigenvalue weighted by molar-refractivity contribution is 0.128. The summed E-state index contributed by atoms with van der Waals surface area (Å²) in [6.07, 6.45) is 2.73. The summed E-state index contributed by atoms with van der Waals surface area (Å²) in [5.74, 6) is 0.462. The van der Waals surface area contributed by atoms with Crippen LogP contribution in [0.1, 0.15) is 18.4 Å². The first-order valence-electron chi connectivity index (χ1n) is 7.67. The highest BCUT2D eigenvalue weighted by Gasteiger charge is 2.31. The van der Waals surface area contributed by atoms with E-state index in [0.717, 1.165) is 0 Å². The van der Waals surface area contributed by atoms with E-state index in [9.17, 15) is 8.42 Å². The molecule has 3 rings (SSSR count). The fourth-order valence-corrected chi connectivity index (χ4v) is 4.66. The molecule has 0 saturated carbocycles. The summed E-state index contributed by atoms with van der Waals surface area (Å²) in [5, 5.41) is 8.08. The van der Waals surface area contributed by atoms with Crippen molar-refractivity contribution in [2.75, 3.05) is 13.1 Å². The molecular weight excluding hydrogens is 350 g/mol. The van der Waals surface area contributed by atoms with Gasteiger partial charge in [0.25, 0.3) is 0 Å². The molecule has 1 aromatic carbocycles. The number of halogens is 1. The zero-order chi connectivity index (χ0) is 17.2. The normalized spacial score (nSPS) is 16.9. The molecule has 6 nitrogen and oxygen atoms in total. The van der Waals surface area contributed by atoms with Gasteiger partial charge in [-0.05, 0) is 43.5 Å². The van der Waals surface area contributed by atoms with Crippen LogP contribution >= 0.6 is 11.6 Å². The summed E-state index contributed by atoms with van der Waals surface area (Å²) in [4.78, 5) is 0.267.